The molecule has 5 aromatic carbocycles. The molecule has 4 heteroatoms. The second-order valence-corrected chi connectivity index (χ2v) is 16.3. The van der Waals surface area contributed by atoms with Gasteiger partial charge in [-0.05, 0) is 33.3 Å². The molecule has 2 heterocycles. The maximum atomic E-state index is 5.07. The van der Waals surface area contributed by atoms with Crippen molar-refractivity contribution in [2.45, 2.75) is 17.9 Å². The van der Waals surface area contributed by atoms with Crippen LogP contribution in [0.5, 0.6) is 0 Å². The highest BCUT2D eigenvalue weighted by atomic mass is 28.3. The summed E-state index contributed by atoms with van der Waals surface area (Å²) in [7, 11) is -2.73. The van der Waals surface area contributed by atoms with Crippen molar-refractivity contribution in [2.24, 2.45) is 0 Å². The molecule has 0 N–H and O–H groups in total. The van der Waals surface area contributed by atoms with E-state index in [2.05, 4.69) is 188 Å². The Morgan fingerprint density at radius 3 is 1.49 bits per heavy atom. The number of aromatic nitrogens is 3. The van der Waals surface area contributed by atoms with E-state index in [1.165, 1.54) is 26.3 Å². The van der Waals surface area contributed by atoms with Crippen LogP contribution in [0.1, 0.15) is 18.4 Å². The quantitative estimate of drug-likeness (QED) is 0.146. The summed E-state index contributed by atoms with van der Waals surface area (Å²) >= 11 is 0. The molecule has 0 spiro atoms. The van der Waals surface area contributed by atoms with Gasteiger partial charge in [0.2, 0.25) is 5.95 Å². The van der Waals surface area contributed by atoms with Crippen LogP contribution in [0, 0.1) is 0 Å². The van der Waals surface area contributed by atoms with Gasteiger partial charge in [0.1, 0.15) is 0 Å². The molecule has 0 radical (unpaired) electrons. The molecule has 1 aliphatic rings. The van der Waals surface area contributed by atoms with E-state index in [0.717, 1.165) is 16.6 Å². The Morgan fingerprint density at radius 2 is 1.00 bits per heavy atom. The lowest BCUT2D eigenvalue weighted by molar-refractivity contribution is 0.635. The number of fused-ring (bicyclic) bond motifs is 3. The van der Waals surface area contributed by atoms with E-state index in [9.17, 15) is 0 Å². The van der Waals surface area contributed by atoms with E-state index >= 15 is 0 Å². The molecular weight excluding hydrogens is 563 g/mol. The van der Waals surface area contributed by atoms with E-state index in [4.69, 9.17) is 9.97 Å². The molecular formula is C41H33N3Si. The highest BCUT2D eigenvalue weighted by Gasteiger charge is 2.56. The van der Waals surface area contributed by atoms with Crippen molar-refractivity contribution < 1.29 is 0 Å². The average Bonchev–Trinajstić information content (AvgIpc) is 3.45. The van der Waals surface area contributed by atoms with Gasteiger partial charge in [-0.2, -0.15) is 0 Å². The van der Waals surface area contributed by atoms with Crippen LogP contribution in [-0.4, -0.2) is 22.6 Å². The van der Waals surface area contributed by atoms with Gasteiger partial charge in [-0.15, -0.1) is 0 Å². The Kier molecular flexibility index (Phi) is 6.65. The molecule has 7 aromatic rings. The molecule has 8 rings (SSSR count). The van der Waals surface area contributed by atoms with Crippen molar-refractivity contribution in [3.05, 3.63) is 182 Å². The summed E-state index contributed by atoms with van der Waals surface area (Å²) < 4.78 is 2.18. The largest absolute Gasteiger partial charge is 0.278 e. The maximum Gasteiger partial charge on any atom is 0.234 e. The SMILES string of the molecule is CC1([Si](c2ccccc2)(c2ccccc2)c2ccccc2)C=CC=CC1c1cnc(-n2c3ccccc3c3ccccc32)nc1. The number of hydrogen-bond acceptors (Lipinski definition) is 2. The van der Waals surface area contributed by atoms with E-state index in [1.54, 1.807) is 0 Å². The summed E-state index contributed by atoms with van der Waals surface area (Å²) in [6, 6.07) is 50.5. The molecule has 0 saturated heterocycles. The van der Waals surface area contributed by atoms with Gasteiger partial charge in [0.25, 0.3) is 0 Å². The summed E-state index contributed by atoms with van der Waals surface area (Å²) in [5.41, 5.74) is 3.34. The normalized spacial score (nSPS) is 18.0. The van der Waals surface area contributed by atoms with Crippen LogP contribution < -0.4 is 15.6 Å². The van der Waals surface area contributed by atoms with Gasteiger partial charge < -0.3 is 0 Å². The fourth-order valence-electron chi connectivity index (χ4n) is 7.79. The molecule has 0 fully saturated rings. The minimum Gasteiger partial charge on any atom is -0.278 e. The van der Waals surface area contributed by atoms with Gasteiger partial charge >= 0.3 is 0 Å². The zero-order valence-corrected chi connectivity index (χ0v) is 26.2. The molecule has 3 nitrogen and oxygen atoms in total. The first-order valence-corrected chi connectivity index (χ1v) is 17.5. The molecule has 0 aliphatic heterocycles. The third-order valence-electron chi connectivity index (χ3n) is 9.73. The van der Waals surface area contributed by atoms with Crippen LogP contribution in [-0.2, 0) is 0 Å². The summed E-state index contributed by atoms with van der Waals surface area (Å²) in [5.74, 6) is 0.743. The number of para-hydroxylation sites is 2. The second kappa shape index (κ2) is 11.0. The Bertz CT molecular complexity index is 2020. The van der Waals surface area contributed by atoms with E-state index < -0.39 is 8.07 Å². The van der Waals surface area contributed by atoms with Gasteiger partial charge in [-0.25, -0.2) is 9.97 Å². The highest BCUT2D eigenvalue weighted by Crippen LogP contribution is 2.53. The van der Waals surface area contributed by atoms with Gasteiger partial charge in [0.05, 0.1) is 11.0 Å². The average molecular weight is 596 g/mol. The molecule has 0 saturated carbocycles. The van der Waals surface area contributed by atoms with Crippen molar-refractivity contribution in [3.8, 4) is 5.95 Å². The van der Waals surface area contributed by atoms with Gasteiger partial charge in [-0.1, -0.05) is 159 Å². The van der Waals surface area contributed by atoms with Gasteiger partial charge in [0, 0.05) is 34.1 Å². The van der Waals surface area contributed by atoms with E-state index in [1.807, 2.05) is 0 Å². The van der Waals surface area contributed by atoms with Crippen molar-refractivity contribution >= 4 is 45.4 Å². The molecule has 2 unspecified atom stereocenters. The Balaban J connectivity index is 1.33. The number of hydrogen-bond donors (Lipinski definition) is 0. The lowest BCUT2D eigenvalue weighted by Gasteiger charge is -2.51. The maximum absolute atomic E-state index is 5.07. The number of benzene rings is 5. The third-order valence-corrected chi connectivity index (χ3v) is 15.4. The van der Waals surface area contributed by atoms with Gasteiger partial charge in [-0.3, -0.25) is 4.57 Å². The van der Waals surface area contributed by atoms with Crippen molar-refractivity contribution in [1.82, 2.24) is 14.5 Å². The fourth-order valence-corrected chi connectivity index (χ4v) is 13.8. The Morgan fingerprint density at radius 1 is 0.556 bits per heavy atom. The van der Waals surface area contributed by atoms with Crippen LogP contribution in [0.2, 0.25) is 5.04 Å². The zero-order valence-electron chi connectivity index (χ0n) is 25.2. The van der Waals surface area contributed by atoms with Crippen LogP contribution in [0.4, 0.5) is 0 Å². The van der Waals surface area contributed by atoms with Gasteiger partial charge in [0.15, 0.2) is 8.07 Å². The van der Waals surface area contributed by atoms with Crippen LogP contribution in [0.25, 0.3) is 27.8 Å². The predicted octanol–water partition coefficient (Wildman–Crippen LogP) is 7.71. The molecule has 1 aliphatic carbocycles. The smallest absolute Gasteiger partial charge is 0.234 e. The molecule has 2 aromatic heterocycles. The van der Waals surface area contributed by atoms with E-state index in [-0.39, 0.29) is 11.0 Å². The van der Waals surface area contributed by atoms with E-state index in [0.29, 0.717) is 5.95 Å². The Hall–Kier alpha value is -5.32. The van der Waals surface area contributed by atoms with Crippen LogP contribution in [0.15, 0.2) is 176 Å². The first kappa shape index (κ1) is 27.2. The topological polar surface area (TPSA) is 30.7 Å². The van der Waals surface area contributed by atoms with Crippen LogP contribution >= 0.6 is 0 Å². The fraction of sp³-hybridized carbons (Fsp3) is 0.0732. The monoisotopic (exact) mass is 595 g/mol. The minimum atomic E-state index is -2.73. The summed E-state index contributed by atoms with van der Waals surface area (Å²) in [6.45, 7) is 2.46. The Labute approximate surface area is 264 Å². The predicted molar refractivity (Wildman–Crippen MR) is 190 cm³/mol. The van der Waals surface area contributed by atoms with Crippen LogP contribution in [0.3, 0.4) is 0 Å². The summed E-state index contributed by atoms with van der Waals surface area (Å²) in [4.78, 5) is 10.1. The number of rotatable bonds is 6. The lowest BCUT2D eigenvalue weighted by Crippen LogP contribution is -2.74. The third kappa shape index (κ3) is 4.17. The first-order valence-electron chi connectivity index (χ1n) is 15.5. The minimum absolute atomic E-state index is 0.0574. The summed E-state index contributed by atoms with van der Waals surface area (Å²) in [6.07, 6.45) is 13.3. The van der Waals surface area contributed by atoms with Crippen molar-refractivity contribution in [3.63, 3.8) is 0 Å². The zero-order chi connectivity index (χ0) is 30.3. The number of nitrogens with zero attached hydrogens (tertiary/aromatic N) is 3. The van der Waals surface area contributed by atoms with Crippen molar-refractivity contribution in [2.75, 3.05) is 0 Å². The standard InChI is InChI=1S/C41H33N3Si/c1-41(45(32-17-5-2-6-18-32,33-19-7-3-8-20-33)34-21-9-4-10-22-34)28-16-15-25-37(41)31-29-42-40(43-30-31)44-38-26-13-11-23-35(38)36-24-12-14-27-39(36)44/h2-30,37H,1H3. The molecule has 216 valence electrons. The second-order valence-electron chi connectivity index (χ2n) is 12.0. The first-order chi connectivity index (χ1) is 22.2. The molecule has 2 atom stereocenters. The summed E-state index contributed by atoms with van der Waals surface area (Å²) in [5, 5.41) is 6.30. The highest BCUT2D eigenvalue weighted by molar-refractivity contribution is 7.13. The molecule has 0 amide bonds. The lowest BCUT2D eigenvalue weighted by atomic mass is 9.84. The molecule has 0 bridgehead atoms. The van der Waals surface area contributed by atoms with Crippen molar-refractivity contribution in [1.29, 1.82) is 0 Å². The number of allylic oxidation sites excluding steroid dienone is 4. The molecule has 45 heavy (non-hydrogen) atoms.